The van der Waals surface area contributed by atoms with Crippen LogP contribution in [0.3, 0.4) is 0 Å². The van der Waals surface area contributed by atoms with Crippen LogP contribution in [0, 0.1) is 0 Å². The van der Waals surface area contributed by atoms with Gasteiger partial charge in [0.15, 0.2) is 5.25 Å². The maximum Gasteiger partial charge on any atom is 0.323 e. The molecule has 0 aliphatic carbocycles. The standard InChI is InChI=1S/C7H15NO5S2/c1-3-14(11)5-4-8-15(12,13)6(2)7(9)10/h6,8H,3-5H2,1-2H3,(H,9,10). The van der Waals surface area contributed by atoms with Gasteiger partial charge in [0.2, 0.25) is 10.0 Å². The molecule has 0 saturated carbocycles. The smallest absolute Gasteiger partial charge is 0.323 e. The predicted molar refractivity (Wildman–Crippen MR) is 57.6 cm³/mol. The van der Waals surface area contributed by atoms with Gasteiger partial charge in [0, 0.05) is 28.9 Å². The monoisotopic (exact) mass is 257 g/mol. The molecule has 2 atom stereocenters. The van der Waals surface area contributed by atoms with E-state index in [0.717, 1.165) is 6.92 Å². The third kappa shape index (κ3) is 5.24. The van der Waals surface area contributed by atoms with E-state index in [4.69, 9.17) is 5.11 Å². The van der Waals surface area contributed by atoms with Crippen molar-refractivity contribution >= 4 is 26.8 Å². The van der Waals surface area contributed by atoms with Crippen LogP contribution in [0.1, 0.15) is 13.8 Å². The van der Waals surface area contributed by atoms with Crippen LogP contribution < -0.4 is 4.72 Å². The number of hydrogen-bond acceptors (Lipinski definition) is 4. The van der Waals surface area contributed by atoms with Gasteiger partial charge in [0.1, 0.15) is 0 Å². The van der Waals surface area contributed by atoms with E-state index in [1.807, 2.05) is 0 Å². The van der Waals surface area contributed by atoms with Crippen molar-refractivity contribution in [3.05, 3.63) is 0 Å². The van der Waals surface area contributed by atoms with Gasteiger partial charge in [-0.05, 0) is 6.92 Å². The molecule has 2 N–H and O–H groups in total. The van der Waals surface area contributed by atoms with E-state index in [-0.39, 0.29) is 12.3 Å². The number of carboxylic acids is 1. The Hall–Kier alpha value is -0.470. The van der Waals surface area contributed by atoms with Gasteiger partial charge in [-0.1, -0.05) is 6.92 Å². The fourth-order valence-electron chi connectivity index (χ4n) is 0.700. The van der Waals surface area contributed by atoms with Crippen LogP contribution in [-0.2, 0) is 25.6 Å². The highest BCUT2D eigenvalue weighted by atomic mass is 32.2. The summed E-state index contributed by atoms with van der Waals surface area (Å²) >= 11 is 0. The van der Waals surface area contributed by atoms with Crippen molar-refractivity contribution in [3.8, 4) is 0 Å². The van der Waals surface area contributed by atoms with E-state index < -0.39 is 32.0 Å². The zero-order valence-corrected chi connectivity index (χ0v) is 10.2. The lowest BCUT2D eigenvalue weighted by atomic mass is 10.5. The van der Waals surface area contributed by atoms with Crippen LogP contribution in [0.15, 0.2) is 0 Å². The average Bonchev–Trinajstić information content (AvgIpc) is 2.15. The third-order valence-corrected chi connectivity index (χ3v) is 4.81. The highest BCUT2D eigenvalue weighted by Crippen LogP contribution is 1.97. The molecule has 0 saturated heterocycles. The molecule has 0 aromatic heterocycles. The van der Waals surface area contributed by atoms with E-state index in [1.165, 1.54) is 0 Å². The molecule has 0 bridgehead atoms. The van der Waals surface area contributed by atoms with Crippen LogP contribution in [0.2, 0.25) is 0 Å². The van der Waals surface area contributed by atoms with Crippen molar-refractivity contribution in [2.75, 3.05) is 18.1 Å². The van der Waals surface area contributed by atoms with Crippen LogP contribution >= 0.6 is 0 Å². The molecule has 0 radical (unpaired) electrons. The van der Waals surface area contributed by atoms with E-state index in [0.29, 0.717) is 5.75 Å². The van der Waals surface area contributed by atoms with E-state index in [2.05, 4.69) is 4.72 Å². The SMILES string of the molecule is CCS(=O)CCNS(=O)(=O)C(C)C(=O)O. The molecule has 8 heteroatoms. The van der Waals surface area contributed by atoms with Crippen LogP contribution in [0.5, 0.6) is 0 Å². The second-order valence-corrected chi connectivity index (χ2v) is 6.80. The first kappa shape index (κ1) is 14.5. The molecule has 0 heterocycles. The van der Waals surface area contributed by atoms with Crippen molar-refractivity contribution in [3.63, 3.8) is 0 Å². The zero-order chi connectivity index (χ0) is 12.1. The van der Waals surface area contributed by atoms with Gasteiger partial charge in [0.25, 0.3) is 0 Å². The maximum absolute atomic E-state index is 11.3. The number of carbonyl (C=O) groups is 1. The van der Waals surface area contributed by atoms with Crippen molar-refractivity contribution in [1.82, 2.24) is 4.72 Å². The molecular weight excluding hydrogens is 242 g/mol. The number of aliphatic carboxylic acids is 1. The van der Waals surface area contributed by atoms with Crippen molar-refractivity contribution in [2.45, 2.75) is 19.1 Å². The minimum Gasteiger partial charge on any atom is -0.480 e. The summed E-state index contributed by atoms with van der Waals surface area (Å²) in [6, 6.07) is 0. The number of rotatable bonds is 7. The lowest BCUT2D eigenvalue weighted by molar-refractivity contribution is -0.136. The van der Waals surface area contributed by atoms with E-state index in [9.17, 15) is 17.4 Å². The minimum atomic E-state index is -3.85. The molecule has 0 aliphatic rings. The zero-order valence-electron chi connectivity index (χ0n) is 8.60. The lowest BCUT2D eigenvalue weighted by Gasteiger charge is -2.09. The molecular formula is C7H15NO5S2. The van der Waals surface area contributed by atoms with E-state index in [1.54, 1.807) is 6.92 Å². The second-order valence-electron chi connectivity index (χ2n) is 2.85. The second kappa shape index (κ2) is 6.19. The molecule has 0 amide bonds. The third-order valence-electron chi connectivity index (χ3n) is 1.77. The first-order chi connectivity index (χ1) is 6.81. The van der Waals surface area contributed by atoms with Crippen LogP contribution in [0.25, 0.3) is 0 Å². The number of sulfonamides is 1. The Morgan fingerprint density at radius 1 is 1.53 bits per heavy atom. The molecule has 0 rings (SSSR count). The van der Waals surface area contributed by atoms with Gasteiger partial charge in [0.05, 0.1) is 0 Å². The highest BCUT2D eigenvalue weighted by Gasteiger charge is 2.26. The summed E-state index contributed by atoms with van der Waals surface area (Å²) in [5.74, 6) is -0.753. The molecule has 0 fully saturated rings. The highest BCUT2D eigenvalue weighted by molar-refractivity contribution is 7.90. The van der Waals surface area contributed by atoms with Crippen molar-refractivity contribution in [2.24, 2.45) is 0 Å². The summed E-state index contributed by atoms with van der Waals surface area (Å²) in [7, 11) is -4.91. The van der Waals surface area contributed by atoms with Gasteiger partial charge in [-0.2, -0.15) is 0 Å². The Balaban J connectivity index is 4.17. The summed E-state index contributed by atoms with van der Waals surface area (Å²) in [4.78, 5) is 10.4. The Morgan fingerprint density at radius 3 is 2.47 bits per heavy atom. The summed E-state index contributed by atoms with van der Waals surface area (Å²) in [6.45, 7) is 2.81. The first-order valence-corrected chi connectivity index (χ1v) is 7.41. The molecule has 15 heavy (non-hydrogen) atoms. The predicted octanol–water partition coefficient (Wildman–Crippen LogP) is -0.852. The quantitative estimate of drug-likeness (QED) is 0.618. The van der Waals surface area contributed by atoms with Crippen LogP contribution in [0.4, 0.5) is 0 Å². The van der Waals surface area contributed by atoms with Gasteiger partial charge in [-0.15, -0.1) is 0 Å². The summed E-state index contributed by atoms with van der Waals surface area (Å²) < 4.78 is 35.6. The number of hydrogen-bond donors (Lipinski definition) is 2. The van der Waals surface area contributed by atoms with Crippen LogP contribution in [-0.4, -0.2) is 47.0 Å². The maximum atomic E-state index is 11.3. The lowest BCUT2D eigenvalue weighted by Crippen LogP contribution is -2.39. The normalized spacial score (nSPS) is 15.9. The average molecular weight is 257 g/mol. The minimum absolute atomic E-state index is 0.000401. The van der Waals surface area contributed by atoms with Gasteiger partial charge in [-0.25, -0.2) is 13.1 Å². The first-order valence-electron chi connectivity index (χ1n) is 4.37. The number of carboxylic acid groups (broad SMARTS) is 1. The molecule has 2 unspecified atom stereocenters. The number of nitrogens with one attached hydrogen (secondary N) is 1. The summed E-state index contributed by atoms with van der Waals surface area (Å²) in [5.41, 5.74) is 0. The van der Waals surface area contributed by atoms with Gasteiger partial charge >= 0.3 is 5.97 Å². The molecule has 0 spiro atoms. The Labute approximate surface area is 91.6 Å². The topological polar surface area (TPSA) is 101 Å². The Morgan fingerprint density at radius 2 is 2.07 bits per heavy atom. The Kier molecular flexibility index (Phi) is 5.99. The largest absolute Gasteiger partial charge is 0.480 e. The summed E-state index contributed by atoms with van der Waals surface area (Å²) in [6.07, 6.45) is 0. The fourth-order valence-corrected chi connectivity index (χ4v) is 2.35. The molecule has 90 valence electrons. The molecule has 0 aromatic carbocycles. The molecule has 6 nitrogen and oxygen atoms in total. The summed E-state index contributed by atoms with van der Waals surface area (Å²) in [5, 5.41) is 7.00. The molecule has 0 aliphatic heterocycles. The molecule has 0 aromatic rings. The van der Waals surface area contributed by atoms with Crippen molar-refractivity contribution in [1.29, 1.82) is 0 Å². The van der Waals surface area contributed by atoms with E-state index >= 15 is 0 Å². The van der Waals surface area contributed by atoms with Gasteiger partial charge < -0.3 is 5.11 Å². The fraction of sp³-hybridized carbons (Fsp3) is 0.857. The van der Waals surface area contributed by atoms with Gasteiger partial charge in [-0.3, -0.25) is 9.00 Å². The van der Waals surface area contributed by atoms with Crippen molar-refractivity contribution < 1.29 is 22.5 Å². The Bertz CT molecular complexity index is 337.